The van der Waals surface area contributed by atoms with E-state index in [9.17, 15) is 33.6 Å². The van der Waals surface area contributed by atoms with Gasteiger partial charge in [-0.15, -0.1) is 0 Å². The standard InChI is InChI=1S/C66H76N10O11/c1-41(2)62(71-59(77)16-9-7-10-23-74-60(78)21-22-61(74)79)64(81)69-42(3)63(80)70-47-15-13-14-44(30-47)46-32-50-38-68-54-36-58(56(85-6)34-52(54)66(83)76(50)40-46)87-29-12-8-11-28-86-57-35-53-51(33-55(57)84-5)65(82)75-39-45(31-49(75)37-67-53)43-17-19-48(20-18-43)73-26-24-72(4)25-27-73/h13-15,17-22,30,33-42,49-50,62H,7-12,16,23-29,31-32H2,1-6H3,(H,69,81)(H,70,80)(H,71,77)/t42-,49-,50-,62-/m0/s1. The molecule has 6 heterocycles. The van der Waals surface area contributed by atoms with E-state index >= 15 is 0 Å². The van der Waals surface area contributed by atoms with Gasteiger partial charge in [-0.2, -0.15) is 0 Å². The van der Waals surface area contributed by atoms with Gasteiger partial charge >= 0.3 is 0 Å². The number of methoxy groups -OCH3 is 2. The number of hydrogen-bond donors (Lipinski definition) is 3. The number of rotatable bonds is 25. The van der Waals surface area contributed by atoms with Gasteiger partial charge in [-0.3, -0.25) is 48.4 Å². The van der Waals surface area contributed by atoms with Crippen LogP contribution in [-0.4, -0.2) is 165 Å². The maximum absolute atomic E-state index is 14.2. The van der Waals surface area contributed by atoms with E-state index in [0.29, 0.717) is 103 Å². The molecule has 0 saturated carbocycles. The summed E-state index contributed by atoms with van der Waals surface area (Å²) >= 11 is 0. The Morgan fingerprint density at radius 2 is 1.18 bits per heavy atom. The summed E-state index contributed by atoms with van der Waals surface area (Å²) in [6.07, 6.45) is 15.0. The van der Waals surface area contributed by atoms with Crippen LogP contribution in [0.5, 0.6) is 23.0 Å². The smallest absolute Gasteiger partial charge is 0.260 e. The van der Waals surface area contributed by atoms with E-state index in [2.05, 4.69) is 57.1 Å². The van der Waals surface area contributed by atoms with Gasteiger partial charge in [0.15, 0.2) is 23.0 Å². The fraction of sp³-hybridized carbons (Fsp3) is 0.409. The Morgan fingerprint density at radius 1 is 0.621 bits per heavy atom. The van der Waals surface area contributed by atoms with Crippen molar-refractivity contribution in [2.45, 2.75) is 103 Å². The van der Waals surface area contributed by atoms with Gasteiger partial charge in [0, 0.05) is 112 Å². The van der Waals surface area contributed by atoms with Crippen LogP contribution in [0, 0.1) is 5.92 Å². The molecule has 0 aliphatic carbocycles. The second-order valence-corrected chi connectivity index (χ2v) is 23.0. The molecule has 0 spiro atoms. The van der Waals surface area contributed by atoms with Gasteiger partial charge in [0.25, 0.3) is 23.6 Å². The van der Waals surface area contributed by atoms with Crippen molar-refractivity contribution in [1.82, 2.24) is 30.2 Å². The van der Waals surface area contributed by atoms with Crippen LogP contribution in [0.3, 0.4) is 0 Å². The number of ether oxygens (including phenoxy) is 4. The summed E-state index contributed by atoms with van der Waals surface area (Å²) in [6, 6.07) is 20.4. The van der Waals surface area contributed by atoms with E-state index in [1.165, 1.54) is 29.8 Å². The molecule has 0 radical (unpaired) electrons. The van der Waals surface area contributed by atoms with Crippen molar-refractivity contribution in [3.63, 3.8) is 0 Å². The molecule has 4 atom stereocenters. The minimum absolute atomic E-state index is 0.140. The Labute approximate surface area is 507 Å². The molecule has 10 rings (SSSR count). The first-order valence-corrected chi connectivity index (χ1v) is 30.0. The zero-order chi connectivity index (χ0) is 61.3. The molecule has 456 valence electrons. The average Bonchev–Trinajstić information content (AvgIpc) is 2.23. The molecule has 0 unspecified atom stereocenters. The van der Waals surface area contributed by atoms with Crippen molar-refractivity contribution < 1.29 is 52.5 Å². The van der Waals surface area contributed by atoms with Crippen LogP contribution in [0.15, 0.2) is 107 Å². The van der Waals surface area contributed by atoms with Gasteiger partial charge in [-0.05, 0) is 111 Å². The van der Waals surface area contributed by atoms with E-state index in [1.54, 1.807) is 86.5 Å². The van der Waals surface area contributed by atoms with Crippen molar-refractivity contribution in [3.05, 3.63) is 120 Å². The van der Waals surface area contributed by atoms with Gasteiger partial charge in [0.05, 0.1) is 62.0 Å². The second kappa shape index (κ2) is 27.5. The first-order valence-electron chi connectivity index (χ1n) is 30.0. The molecule has 4 aromatic carbocycles. The first kappa shape index (κ1) is 61.0. The van der Waals surface area contributed by atoms with E-state index in [4.69, 9.17) is 28.9 Å². The number of carbonyl (C=O) groups is 7. The van der Waals surface area contributed by atoms with Crippen molar-refractivity contribution in [2.75, 3.05) is 77.4 Å². The summed E-state index contributed by atoms with van der Waals surface area (Å²) < 4.78 is 23.9. The average molecular weight is 1190 g/mol. The van der Waals surface area contributed by atoms with Crippen LogP contribution < -0.4 is 39.8 Å². The first-order chi connectivity index (χ1) is 42.0. The van der Waals surface area contributed by atoms with Crippen LogP contribution in [0.4, 0.5) is 22.7 Å². The summed E-state index contributed by atoms with van der Waals surface area (Å²) in [5.41, 5.74) is 7.34. The van der Waals surface area contributed by atoms with Crippen molar-refractivity contribution >= 4 is 87.7 Å². The molecule has 0 aromatic heterocycles. The summed E-state index contributed by atoms with van der Waals surface area (Å²) in [5.74, 6) is -0.777. The van der Waals surface area contributed by atoms with E-state index in [1.807, 2.05) is 24.5 Å². The van der Waals surface area contributed by atoms with Gasteiger partial charge in [0.1, 0.15) is 12.1 Å². The summed E-state index contributed by atoms with van der Waals surface area (Å²) in [7, 11) is 5.24. The number of benzene rings is 4. The van der Waals surface area contributed by atoms with Crippen LogP contribution in [0.25, 0.3) is 11.1 Å². The second-order valence-electron chi connectivity index (χ2n) is 23.0. The molecule has 6 aliphatic heterocycles. The van der Waals surface area contributed by atoms with Crippen molar-refractivity contribution in [2.24, 2.45) is 15.9 Å². The molecular formula is C66H76N10O11. The lowest BCUT2D eigenvalue weighted by Crippen LogP contribution is -2.53. The Kier molecular flexibility index (Phi) is 19.3. The normalized spacial score (nSPS) is 18.5. The highest BCUT2D eigenvalue weighted by Crippen LogP contribution is 2.42. The third kappa shape index (κ3) is 14.3. The Balaban J connectivity index is 0.669. The highest BCUT2D eigenvalue weighted by Gasteiger charge is 2.36. The number of imide groups is 1. The maximum Gasteiger partial charge on any atom is 0.260 e. The topological polar surface area (TPSA) is 233 Å². The van der Waals surface area contributed by atoms with Crippen molar-refractivity contribution in [1.29, 1.82) is 0 Å². The summed E-state index contributed by atoms with van der Waals surface area (Å²) in [4.78, 5) is 110. The quantitative estimate of drug-likeness (QED) is 0.0421. The highest BCUT2D eigenvalue weighted by atomic mass is 16.5. The van der Waals surface area contributed by atoms with Crippen LogP contribution in [0.1, 0.15) is 110 Å². The lowest BCUT2D eigenvalue weighted by Gasteiger charge is -2.34. The molecule has 4 aromatic rings. The molecule has 0 bridgehead atoms. The molecular weight excluding hydrogens is 1110 g/mol. The number of nitrogens with one attached hydrogen (secondary N) is 3. The predicted molar refractivity (Wildman–Crippen MR) is 332 cm³/mol. The van der Waals surface area contributed by atoms with E-state index < -0.39 is 23.9 Å². The lowest BCUT2D eigenvalue weighted by atomic mass is 10.0. The third-order valence-electron chi connectivity index (χ3n) is 16.5. The minimum Gasteiger partial charge on any atom is -0.493 e. The number of carbonyl (C=O) groups excluding carboxylic acids is 7. The zero-order valence-corrected chi connectivity index (χ0v) is 50.2. The van der Waals surface area contributed by atoms with Gasteiger partial charge in [0.2, 0.25) is 17.7 Å². The van der Waals surface area contributed by atoms with Gasteiger partial charge in [-0.25, -0.2) is 0 Å². The van der Waals surface area contributed by atoms with Gasteiger partial charge < -0.3 is 54.5 Å². The number of anilines is 2. The summed E-state index contributed by atoms with van der Waals surface area (Å²) in [5, 5.41) is 8.41. The van der Waals surface area contributed by atoms with Gasteiger partial charge in [-0.1, -0.05) is 44.5 Å². The molecule has 3 N–H and O–H groups in total. The molecule has 21 nitrogen and oxygen atoms in total. The lowest BCUT2D eigenvalue weighted by molar-refractivity contribution is -0.137. The number of unbranched alkanes of at least 4 members (excludes halogenated alkanes) is 4. The highest BCUT2D eigenvalue weighted by molar-refractivity contribution is 6.13. The largest absolute Gasteiger partial charge is 0.493 e. The Morgan fingerprint density at radius 3 is 1.75 bits per heavy atom. The Hall–Kier alpha value is -9.11. The monoisotopic (exact) mass is 1180 g/mol. The number of amides is 7. The summed E-state index contributed by atoms with van der Waals surface area (Å²) in [6.45, 7) is 10.3. The number of likely N-dealkylation sites (N-methyl/N-ethyl adjacent to an activating group) is 1. The third-order valence-corrected chi connectivity index (χ3v) is 16.5. The molecule has 6 aliphatic rings. The maximum atomic E-state index is 14.2. The molecule has 87 heavy (non-hydrogen) atoms. The minimum atomic E-state index is -0.944. The SMILES string of the molecule is COc1cc2c(cc1OCCCCCOc1cc3c(cc1OC)C(=O)N1C=C(c4cccc(NC(=O)[C@H](C)NC(=O)[C@@H](NC(=O)CCCCCN5C(=O)C=CC5=O)C(C)C)c4)C[C@H]1C=N3)N=C[C@@H]1CC(c3ccc(N4CCN(C)CC4)cc3)=CN1C2=O. The van der Waals surface area contributed by atoms with Crippen LogP contribution in [-0.2, 0) is 24.0 Å². The zero-order valence-electron chi connectivity index (χ0n) is 50.2. The van der Waals surface area contributed by atoms with E-state index in [0.717, 1.165) is 61.3 Å². The molecule has 1 saturated heterocycles. The molecule has 1 fully saturated rings. The predicted octanol–water partition coefficient (Wildman–Crippen LogP) is 8.10. The van der Waals surface area contributed by atoms with Crippen LogP contribution in [0.2, 0.25) is 0 Å². The van der Waals surface area contributed by atoms with Crippen molar-refractivity contribution in [3.8, 4) is 23.0 Å². The number of aliphatic imine (C=N–C) groups is 2. The number of hydrogen-bond acceptors (Lipinski definition) is 15. The fourth-order valence-corrected chi connectivity index (χ4v) is 11.4. The number of fused-ring (bicyclic) bond motifs is 4. The fourth-order valence-electron chi connectivity index (χ4n) is 11.4. The Bertz CT molecular complexity index is 3440. The molecule has 7 amide bonds. The van der Waals surface area contributed by atoms with E-state index in [-0.39, 0.29) is 60.5 Å². The number of piperazine rings is 1. The van der Waals surface area contributed by atoms with Crippen LogP contribution >= 0.6 is 0 Å². The number of nitrogens with zero attached hydrogens (tertiary/aromatic N) is 7. The molecule has 21 heteroatoms.